The molecular formula is C11H16N2O4S. The topological polar surface area (TPSA) is 103 Å². The Morgan fingerprint density at radius 2 is 1.94 bits per heavy atom. The molecule has 0 aliphatic rings. The monoisotopic (exact) mass is 272 g/mol. The van der Waals surface area contributed by atoms with E-state index in [1.807, 2.05) is 0 Å². The van der Waals surface area contributed by atoms with Crippen LogP contribution in [0.1, 0.15) is 19.4 Å². The van der Waals surface area contributed by atoms with Crippen LogP contribution < -0.4 is 5.73 Å². The molecule has 0 spiro atoms. The third kappa shape index (κ3) is 2.79. The van der Waals surface area contributed by atoms with E-state index in [2.05, 4.69) is 0 Å². The first kappa shape index (κ1) is 14.4. The van der Waals surface area contributed by atoms with Crippen molar-refractivity contribution in [3.8, 4) is 0 Å². The lowest BCUT2D eigenvalue weighted by Gasteiger charge is -2.10. The number of hydrogen-bond donors (Lipinski definition) is 1. The van der Waals surface area contributed by atoms with E-state index in [4.69, 9.17) is 5.73 Å². The highest BCUT2D eigenvalue weighted by atomic mass is 32.2. The van der Waals surface area contributed by atoms with Gasteiger partial charge in [0.1, 0.15) is 10.6 Å². The van der Waals surface area contributed by atoms with Crippen LogP contribution in [0.5, 0.6) is 0 Å². The molecule has 100 valence electrons. The molecule has 1 aromatic carbocycles. The van der Waals surface area contributed by atoms with Gasteiger partial charge in [0.25, 0.3) is 0 Å². The lowest BCUT2D eigenvalue weighted by Crippen LogP contribution is -2.14. The molecule has 0 unspecified atom stereocenters. The molecular weight excluding hydrogens is 256 g/mol. The van der Waals surface area contributed by atoms with Crippen LogP contribution in [0.2, 0.25) is 0 Å². The number of rotatable bonds is 4. The molecule has 0 saturated heterocycles. The first-order valence-corrected chi connectivity index (χ1v) is 7.08. The van der Waals surface area contributed by atoms with Gasteiger partial charge in [-0.2, -0.15) is 0 Å². The van der Waals surface area contributed by atoms with E-state index in [9.17, 15) is 18.5 Å². The van der Waals surface area contributed by atoms with Crippen molar-refractivity contribution in [2.75, 3.05) is 11.5 Å². The zero-order valence-electron chi connectivity index (χ0n) is 10.5. The molecule has 0 aliphatic heterocycles. The summed E-state index contributed by atoms with van der Waals surface area (Å²) in [7, 11) is -3.70. The highest BCUT2D eigenvalue weighted by Crippen LogP contribution is 2.33. The van der Waals surface area contributed by atoms with Gasteiger partial charge in [-0.25, -0.2) is 8.42 Å². The summed E-state index contributed by atoms with van der Waals surface area (Å²) in [6, 6.07) is 2.73. The Kier molecular flexibility index (Phi) is 3.95. The Bertz CT molecular complexity index is 579. The number of nitro groups is 1. The van der Waals surface area contributed by atoms with E-state index in [-0.39, 0.29) is 22.3 Å². The van der Waals surface area contributed by atoms with Gasteiger partial charge in [0.05, 0.1) is 10.7 Å². The minimum Gasteiger partial charge on any atom is -0.393 e. The molecule has 18 heavy (non-hydrogen) atoms. The molecule has 0 aromatic heterocycles. The predicted molar refractivity (Wildman–Crippen MR) is 69.1 cm³/mol. The maximum Gasteiger partial charge on any atom is 0.310 e. The number of nitro benzene ring substituents is 1. The molecule has 0 saturated carbocycles. The number of nitrogens with two attached hydrogens (primary N) is 1. The Morgan fingerprint density at radius 3 is 2.39 bits per heavy atom. The summed E-state index contributed by atoms with van der Waals surface area (Å²) in [6.45, 7) is 5.07. The Labute approximate surface area is 106 Å². The third-order valence-corrected chi connectivity index (χ3v) is 4.57. The van der Waals surface area contributed by atoms with Crippen molar-refractivity contribution < 1.29 is 13.3 Å². The number of aryl methyl sites for hydroxylation is 1. The molecule has 2 N–H and O–H groups in total. The lowest BCUT2D eigenvalue weighted by atomic mass is 10.2. The van der Waals surface area contributed by atoms with Crippen molar-refractivity contribution in [2.45, 2.75) is 25.7 Å². The van der Waals surface area contributed by atoms with Gasteiger partial charge in [-0.05, 0) is 24.5 Å². The Morgan fingerprint density at radius 1 is 1.39 bits per heavy atom. The first-order valence-electron chi connectivity index (χ1n) is 5.43. The maximum absolute atomic E-state index is 12.1. The molecule has 1 aromatic rings. The van der Waals surface area contributed by atoms with Crippen molar-refractivity contribution in [3.05, 3.63) is 27.8 Å². The smallest absolute Gasteiger partial charge is 0.310 e. The summed E-state index contributed by atoms with van der Waals surface area (Å²) in [6.07, 6.45) is 0. The summed E-state index contributed by atoms with van der Waals surface area (Å²) in [4.78, 5) is 9.95. The van der Waals surface area contributed by atoms with Crippen LogP contribution in [-0.4, -0.2) is 19.1 Å². The van der Waals surface area contributed by atoms with Crippen molar-refractivity contribution >= 4 is 21.2 Å². The van der Waals surface area contributed by atoms with Crippen LogP contribution in [-0.2, 0) is 9.84 Å². The van der Waals surface area contributed by atoms with Crippen molar-refractivity contribution in [2.24, 2.45) is 5.92 Å². The Hall–Kier alpha value is -1.63. The van der Waals surface area contributed by atoms with Gasteiger partial charge in [0.2, 0.25) is 0 Å². The van der Waals surface area contributed by atoms with Gasteiger partial charge in [-0.3, -0.25) is 10.1 Å². The molecule has 7 heteroatoms. The molecule has 0 atom stereocenters. The molecule has 1 rings (SSSR count). The number of anilines is 1. The summed E-state index contributed by atoms with van der Waals surface area (Å²) in [5, 5.41) is 11.0. The van der Waals surface area contributed by atoms with Crippen molar-refractivity contribution in [1.82, 2.24) is 0 Å². The minimum absolute atomic E-state index is 0.0927. The first-order chi connectivity index (χ1) is 8.16. The molecule has 6 nitrogen and oxygen atoms in total. The number of benzene rings is 1. The van der Waals surface area contributed by atoms with Gasteiger partial charge in [-0.1, -0.05) is 19.9 Å². The molecule has 0 aliphatic carbocycles. The molecule has 0 bridgehead atoms. The SMILES string of the molecule is Cc1ccc(S(=O)(=O)CC(C)C)c([N+](=O)[O-])c1N. The van der Waals surface area contributed by atoms with E-state index < -0.39 is 20.4 Å². The zero-order valence-corrected chi connectivity index (χ0v) is 11.3. The van der Waals surface area contributed by atoms with E-state index in [0.717, 1.165) is 0 Å². The van der Waals surface area contributed by atoms with E-state index >= 15 is 0 Å². The zero-order chi connectivity index (χ0) is 14.1. The van der Waals surface area contributed by atoms with E-state index in [1.54, 1.807) is 20.8 Å². The maximum atomic E-state index is 12.1. The number of nitrogens with zero attached hydrogens (tertiary/aromatic N) is 1. The fourth-order valence-corrected chi connectivity index (χ4v) is 3.47. The fraction of sp³-hybridized carbons (Fsp3) is 0.455. The molecule has 0 heterocycles. The standard InChI is InChI=1S/C11H16N2O4S/c1-7(2)6-18(16,17)9-5-4-8(3)10(12)11(9)13(14)15/h4-5,7H,6,12H2,1-3H3. The summed E-state index contributed by atoms with van der Waals surface area (Å²) >= 11 is 0. The van der Waals surface area contributed by atoms with Gasteiger partial charge in [0, 0.05) is 0 Å². The third-order valence-electron chi connectivity index (χ3n) is 2.47. The average molecular weight is 272 g/mol. The summed E-state index contributed by atoms with van der Waals surface area (Å²) < 4.78 is 24.1. The highest BCUT2D eigenvalue weighted by Gasteiger charge is 2.29. The van der Waals surface area contributed by atoms with Crippen LogP contribution in [0.3, 0.4) is 0 Å². The second-order valence-electron chi connectivity index (χ2n) is 4.58. The van der Waals surface area contributed by atoms with Gasteiger partial charge < -0.3 is 5.73 Å². The van der Waals surface area contributed by atoms with Crippen LogP contribution in [0, 0.1) is 23.0 Å². The fourth-order valence-electron chi connectivity index (χ4n) is 1.66. The van der Waals surface area contributed by atoms with Gasteiger partial charge >= 0.3 is 5.69 Å². The van der Waals surface area contributed by atoms with Crippen LogP contribution in [0.15, 0.2) is 17.0 Å². The van der Waals surface area contributed by atoms with Crippen LogP contribution in [0.4, 0.5) is 11.4 Å². The lowest BCUT2D eigenvalue weighted by molar-refractivity contribution is -0.386. The second-order valence-corrected chi connectivity index (χ2v) is 6.58. The quantitative estimate of drug-likeness (QED) is 0.512. The molecule has 0 amide bonds. The predicted octanol–water partition coefficient (Wildman–Crippen LogP) is 1.92. The normalized spacial score (nSPS) is 11.8. The van der Waals surface area contributed by atoms with Crippen molar-refractivity contribution in [3.63, 3.8) is 0 Å². The summed E-state index contributed by atoms with van der Waals surface area (Å²) in [5.74, 6) is -0.256. The van der Waals surface area contributed by atoms with Crippen LogP contribution in [0.25, 0.3) is 0 Å². The van der Waals surface area contributed by atoms with E-state index in [0.29, 0.717) is 5.56 Å². The van der Waals surface area contributed by atoms with Crippen molar-refractivity contribution in [1.29, 1.82) is 0 Å². The second kappa shape index (κ2) is 4.93. The molecule has 0 fully saturated rings. The number of sulfone groups is 1. The average Bonchev–Trinajstić information content (AvgIpc) is 2.18. The molecule has 0 radical (unpaired) electrons. The highest BCUT2D eigenvalue weighted by molar-refractivity contribution is 7.91. The summed E-state index contributed by atoms with van der Waals surface area (Å²) in [5.41, 5.74) is 5.49. The van der Waals surface area contributed by atoms with Gasteiger partial charge in [-0.15, -0.1) is 0 Å². The van der Waals surface area contributed by atoms with Crippen LogP contribution >= 0.6 is 0 Å². The minimum atomic E-state index is -3.70. The Balaban J connectivity index is 3.52. The number of nitrogen functional groups attached to an aromatic ring is 1. The van der Waals surface area contributed by atoms with E-state index in [1.165, 1.54) is 12.1 Å². The number of hydrogen-bond acceptors (Lipinski definition) is 5. The van der Waals surface area contributed by atoms with Gasteiger partial charge in [0.15, 0.2) is 9.84 Å². The largest absolute Gasteiger partial charge is 0.393 e.